The summed E-state index contributed by atoms with van der Waals surface area (Å²) in [4.78, 5) is 13.6. The maximum Gasteiger partial charge on any atom is 0.282 e. The number of rotatable bonds is 8. The van der Waals surface area contributed by atoms with Crippen LogP contribution in [0.4, 0.5) is 0 Å². The lowest BCUT2D eigenvalue weighted by molar-refractivity contribution is 0.0972. The number of benzene rings is 2. The summed E-state index contributed by atoms with van der Waals surface area (Å²) < 4.78 is 30.2. The molecule has 0 atom stereocenters. The van der Waals surface area contributed by atoms with Gasteiger partial charge in [-0.2, -0.15) is 0 Å². The number of hydrogen-bond donors (Lipinski definition) is 2. The Hall–Kier alpha value is -2.94. The van der Waals surface area contributed by atoms with Crippen LogP contribution in [0.25, 0.3) is 10.9 Å². The minimum Gasteiger partial charge on any atom is -0.332 e. The van der Waals surface area contributed by atoms with E-state index in [-0.39, 0.29) is 4.21 Å². The van der Waals surface area contributed by atoms with Gasteiger partial charge in [-0.05, 0) is 42.8 Å². The minimum atomic E-state index is -3.95. The molecule has 4 aromatic rings. The molecule has 1 saturated carbocycles. The predicted molar refractivity (Wildman–Crippen MR) is 136 cm³/mol. The molecule has 1 aliphatic rings. The molecule has 0 saturated heterocycles. The van der Waals surface area contributed by atoms with E-state index in [1.54, 1.807) is 11.4 Å². The van der Waals surface area contributed by atoms with Crippen molar-refractivity contribution in [3.05, 3.63) is 88.4 Å². The van der Waals surface area contributed by atoms with Gasteiger partial charge in [0, 0.05) is 35.6 Å². The standard InChI is InChI=1S/C26H27N3O3S2/c1-18-11-13-19(14-12-18)17-29-23-9-3-2-8-21(23)22(16-27-20-6-4-7-20)25(29)26(30)28-34(31,32)24-10-5-15-33-24/h2-3,5,8-15,20,27H,4,6-7,16-17H2,1H3,(H,28,30). The highest BCUT2D eigenvalue weighted by atomic mass is 32.2. The Bertz CT molecular complexity index is 1420. The molecule has 34 heavy (non-hydrogen) atoms. The van der Waals surface area contributed by atoms with Crippen molar-refractivity contribution in [2.24, 2.45) is 0 Å². The Morgan fingerprint density at radius 2 is 1.82 bits per heavy atom. The maximum atomic E-state index is 13.6. The third-order valence-corrected chi connectivity index (χ3v) is 9.14. The highest BCUT2D eigenvalue weighted by Crippen LogP contribution is 2.29. The van der Waals surface area contributed by atoms with Crippen molar-refractivity contribution >= 4 is 38.2 Å². The lowest BCUT2D eigenvalue weighted by atomic mass is 9.93. The topological polar surface area (TPSA) is 80.2 Å². The molecule has 0 radical (unpaired) electrons. The van der Waals surface area contributed by atoms with E-state index in [0.29, 0.717) is 24.8 Å². The lowest BCUT2D eigenvalue weighted by Gasteiger charge is -2.26. The quantitative estimate of drug-likeness (QED) is 0.369. The van der Waals surface area contributed by atoms with Crippen LogP contribution >= 0.6 is 11.3 Å². The molecule has 0 aliphatic heterocycles. The summed E-state index contributed by atoms with van der Waals surface area (Å²) in [5.41, 5.74) is 4.32. The molecule has 0 bridgehead atoms. The monoisotopic (exact) mass is 493 g/mol. The van der Waals surface area contributed by atoms with Gasteiger partial charge in [-0.1, -0.05) is 60.5 Å². The number of carbonyl (C=O) groups is 1. The molecule has 0 spiro atoms. The minimum absolute atomic E-state index is 0.121. The first-order valence-electron chi connectivity index (χ1n) is 11.4. The molecule has 1 fully saturated rings. The van der Waals surface area contributed by atoms with Crippen molar-refractivity contribution < 1.29 is 13.2 Å². The van der Waals surface area contributed by atoms with Crippen LogP contribution < -0.4 is 10.0 Å². The van der Waals surface area contributed by atoms with E-state index < -0.39 is 15.9 Å². The Morgan fingerprint density at radius 1 is 1.06 bits per heavy atom. The summed E-state index contributed by atoms with van der Waals surface area (Å²) in [6.45, 7) is 3.01. The van der Waals surface area contributed by atoms with Crippen LogP contribution in [-0.4, -0.2) is 24.9 Å². The van der Waals surface area contributed by atoms with Gasteiger partial charge in [0.25, 0.3) is 15.9 Å². The van der Waals surface area contributed by atoms with Crippen molar-refractivity contribution in [1.82, 2.24) is 14.6 Å². The Labute approximate surface area is 203 Å². The summed E-state index contributed by atoms with van der Waals surface area (Å²) >= 11 is 1.09. The fourth-order valence-corrected chi connectivity index (χ4v) is 6.30. The van der Waals surface area contributed by atoms with E-state index in [9.17, 15) is 13.2 Å². The smallest absolute Gasteiger partial charge is 0.282 e. The predicted octanol–water partition coefficient (Wildman–Crippen LogP) is 4.82. The van der Waals surface area contributed by atoms with Crippen LogP contribution in [0, 0.1) is 6.92 Å². The molecule has 176 valence electrons. The van der Waals surface area contributed by atoms with Crippen LogP contribution in [0.15, 0.2) is 70.3 Å². The van der Waals surface area contributed by atoms with Crippen molar-refractivity contribution in [3.8, 4) is 0 Å². The largest absolute Gasteiger partial charge is 0.332 e. The van der Waals surface area contributed by atoms with Gasteiger partial charge in [-0.15, -0.1) is 11.3 Å². The molecule has 2 aromatic carbocycles. The zero-order valence-corrected chi connectivity index (χ0v) is 20.6. The van der Waals surface area contributed by atoms with E-state index in [0.717, 1.165) is 51.8 Å². The van der Waals surface area contributed by atoms with Crippen molar-refractivity contribution in [2.45, 2.75) is 49.5 Å². The van der Waals surface area contributed by atoms with E-state index in [1.165, 1.54) is 12.5 Å². The van der Waals surface area contributed by atoms with Crippen molar-refractivity contribution in [3.63, 3.8) is 0 Å². The van der Waals surface area contributed by atoms with Gasteiger partial charge >= 0.3 is 0 Å². The number of para-hydroxylation sites is 1. The van der Waals surface area contributed by atoms with E-state index >= 15 is 0 Å². The second-order valence-electron chi connectivity index (χ2n) is 8.79. The first-order valence-corrected chi connectivity index (χ1v) is 13.8. The van der Waals surface area contributed by atoms with Gasteiger partial charge in [0.05, 0.1) is 0 Å². The van der Waals surface area contributed by atoms with Crippen LogP contribution in [0.3, 0.4) is 0 Å². The average molecular weight is 494 g/mol. The summed E-state index contributed by atoms with van der Waals surface area (Å²) in [5.74, 6) is -0.609. The zero-order valence-electron chi connectivity index (χ0n) is 19.0. The third kappa shape index (κ3) is 4.53. The first-order chi connectivity index (χ1) is 16.4. The van der Waals surface area contributed by atoms with Gasteiger partial charge < -0.3 is 9.88 Å². The molecule has 1 aliphatic carbocycles. The molecule has 2 N–H and O–H groups in total. The average Bonchev–Trinajstić information content (AvgIpc) is 3.42. The SMILES string of the molecule is Cc1ccc(Cn2c(C(=O)NS(=O)(=O)c3cccs3)c(CNC3CCC3)c3ccccc32)cc1. The van der Waals surface area contributed by atoms with E-state index in [4.69, 9.17) is 0 Å². The molecule has 0 unspecified atom stereocenters. The molecule has 5 rings (SSSR count). The van der Waals surface area contributed by atoms with Crippen LogP contribution in [0.1, 0.15) is 46.4 Å². The van der Waals surface area contributed by atoms with Crippen LogP contribution in [0.2, 0.25) is 0 Å². The number of nitrogens with one attached hydrogen (secondary N) is 2. The van der Waals surface area contributed by atoms with Gasteiger partial charge in [-0.25, -0.2) is 13.1 Å². The Balaban J connectivity index is 1.60. The third-order valence-electron chi connectivity index (χ3n) is 6.41. The number of nitrogens with zero attached hydrogens (tertiary/aromatic N) is 1. The fourth-order valence-electron chi connectivity index (χ4n) is 4.35. The number of fused-ring (bicyclic) bond motifs is 1. The van der Waals surface area contributed by atoms with Gasteiger partial charge in [0.1, 0.15) is 9.90 Å². The summed E-state index contributed by atoms with van der Waals surface area (Å²) in [5, 5.41) is 6.20. The molecular weight excluding hydrogens is 466 g/mol. The number of sulfonamides is 1. The normalized spacial score (nSPS) is 14.3. The van der Waals surface area contributed by atoms with Crippen LogP contribution in [-0.2, 0) is 23.1 Å². The highest BCUT2D eigenvalue weighted by molar-refractivity contribution is 7.92. The van der Waals surface area contributed by atoms with Gasteiger partial charge in [0.15, 0.2) is 0 Å². The highest BCUT2D eigenvalue weighted by Gasteiger charge is 2.28. The number of aryl methyl sites for hydroxylation is 1. The second-order valence-corrected chi connectivity index (χ2v) is 11.6. The molecule has 2 heterocycles. The molecule has 8 heteroatoms. The summed E-state index contributed by atoms with van der Waals surface area (Å²) in [6, 6.07) is 19.7. The van der Waals surface area contributed by atoms with Crippen molar-refractivity contribution in [2.75, 3.05) is 0 Å². The van der Waals surface area contributed by atoms with E-state index in [2.05, 4.69) is 10.0 Å². The summed E-state index contributed by atoms with van der Waals surface area (Å²) in [6.07, 6.45) is 3.45. The number of hydrogen-bond acceptors (Lipinski definition) is 5. The Kier molecular flexibility index (Phi) is 6.29. The second kappa shape index (κ2) is 9.37. The van der Waals surface area contributed by atoms with E-state index in [1.807, 2.05) is 60.0 Å². The number of carbonyl (C=O) groups excluding carboxylic acids is 1. The number of thiophene rings is 1. The molecular formula is C26H27N3O3S2. The van der Waals surface area contributed by atoms with Gasteiger partial charge in [0.2, 0.25) is 0 Å². The number of amides is 1. The fraction of sp³-hybridized carbons (Fsp3) is 0.269. The van der Waals surface area contributed by atoms with Gasteiger partial charge in [-0.3, -0.25) is 4.79 Å². The number of aromatic nitrogens is 1. The molecule has 2 aromatic heterocycles. The summed E-state index contributed by atoms with van der Waals surface area (Å²) in [7, 11) is -3.95. The molecule has 6 nitrogen and oxygen atoms in total. The maximum absolute atomic E-state index is 13.6. The van der Waals surface area contributed by atoms with Crippen LogP contribution in [0.5, 0.6) is 0 Å². The van der Waals surface area contributed by atoms with Crippen molar-refractivity contribution in [1.29, 1.82) is 0 Å². The molecule has 1 amide bonds. The Morgan fingerprint density at radius 3 is 2.50 bits per heavy atom. The zero-order chi connectivity index (χ0) is 23.7. The lowest BCUT2D eigenvalue weighted by Crippen LogP contribution is -2.36. The first kappa shape index (κ1) is 22.8.